The summed E-state index contributed by atoms with van der Waals surface area (Å²) in [5.41, 5.74) is 6.76. The number of benzene rings is 1. The maximum atomic E-state index is 11.6. The molecule has 0 saturated carbocycles. The first-order chi connectivity index (χ1) is 8.45. The Morgan fingerprint density at radius 2 is 2.17 bits per heavy atom. The number of ether oxygens (including phenoxy) is 1. The number of hydrogen-bond acceptors (Lipinski definition) is 3. The number of likely N-dealkylation sites (N-methyl/N-ethyl adjacent to an activating group) is 1. The zero-order valence-corrected chi connectivity index (χ0v) is 12.5. The van der Waals surface area contributed by atoms with Gasteiger partial charge in [0.05, 0.1) is 0 Å². The Morgan fingerprint density at radius 1 is 1.50 bits per heavy atom. The van der Waals surface area contributed by atoms with Crippen molar-refractivity contribution < 1.29 is 9.53 Å². The van der Waals surface area contributed by atoms with Crippen LogP contribution in [-0.2, 0) is 4.79 Å². The van der Waals surface area contributed by atoms with Crippen LogP contribution >= 0.6 is 15.9 Å². The van der Waals surface area contributed by atoms with Gasteiger partial charge in [0.1, 0.15) is 5.75 Å². The number of amides is 1. The Labute approximate surface area is 116 Å². The second-order valence-corrected chi connectivity index (χ2v) is 5.04. The molecular weight excluding hydrogens is 296 g/mol. The lowest BCUT2D eigenvalue weighted by Gasteiger charge is -2.18. The molecule has 18 heavy (non-hydrogen) atoms. The minimum atomic E-state index is -0.545. The van der Waals surface area contributed by atoms with Gasteiger partial charge in [-0.05, 0) is 32.9 Å². The van der Waals surface area contributed by atoms with Gasteiger partial charge in [-0.25, -0.2) is 0 Å². The number of nitrogens with two attached hydrogens (primary N) is 1. The van der Waals surface area contributed by atoms with Crippen LogP contribution in [0, 0.1) is 0 Å². The molecule has 0 heterocycles. The summed E-state index contributed by atoms with van der Waals surface area (Å²) in [6.45, 7) is 6.06. The molecule has 0 bridgehead atoms. The number of hydrogen-bond donors (Lipinski definition) is 2. The Bertz CT molecular complexity index is 421. The number of carbonyl (C=O) groups is 1. The lowest BCUT2D eigenvalue weighted by atomic mass is 10.1. The third kappa shape index (κ3) is 3.99. The van der Waals surface area contributed by atoms with Crippen molar-refractivity contribution in [3.05, 3.63) is 28.2 Å². The predicted octanol–water partition coefficient (Wildman–Crippen LogP) is 2.37. The van der Waals surface area contributed by atoms with E-state index >= 15 is 0 Å². The minimum Gasteiger partial charge on any atom is -0.481 e. The van der Waals surface area contributed by atoms with Crippen LogP contribution in [0.1, 0.15) is 32.4 Å². The summed E-state index contributed by atoms with van der Waals surface area (Å²) in [6.07, 6.45) is -0.545. The fourth-order valence-corrected chi connectivity index (χ4v) is 1.89. The van der Waals surface area contributed by atoms with Crippen LogP contribution in [0.4, 0.5) is 0 Å². The highest BCUT2D eigenvalue weighted by Gasteiger charge is 2.17. The second kappa shape index (κ2) is 6.75. The first-order valence-corrected chi connectivity index (χ1v) is 6.74. The molecule has 1 rings (SSSR count). The van der Waals surface area contributed by atoms with Crippen molar-refractivity contribution in [2.24, 2.45) is 5.73 Å². The normalized spacial score (nSPS) is 13.8. The fraction of sp³-hybridized carbons (Fsp3) is 0.462. The van der Waals surface area contributed by atoms with Gasteiger partial charge in [-0.3, -0.25) is 4.79 Å². The summed E-state index contributed by atoms with van der Waals surface area (Å²) in [7, 11) is 0. The maximum Gasteiger partial charge on any atom is 0.260 e. The van der Waals surface area contributed by atoms with E-state index < -0.39 is 6.10 Å². The Balaban J connectivity index is 2.88. The molecular formula is C13H19BrN2O2. The van der Waals surface area contributed by atoms with Crippen molar-refractivity contribution in [1.29, 1.82) is 0 Å². The smallest absolute Gasteiger partial charge is 0.260 e. The SMILES string of the molecule is CCNC(=O)C(C)Oc1cc(Br)ccc1[C@H](C)N. The van der Waals surface area contributed by atoms with Crippen LogP contribution in [0.15, 0.2) is 22.7 Å². The monoisotopic (exact) mass is 314 g/mol. The largest absolute Gasteiger partial charge is 0.481 e. The average Bonchev–Trinajstić information content (AvgIpc) is 2.28. The molecule has 0 aliphatic rings. The highest BCUT2D eigenvalue weighted by molar-refractivity contribution is 9.10. The number of rotatable bonds is 5. The van der Waals surface area contributed by atoms with Crippen molar-refractivity contribution in [2.75, 3.05) is 6.54 Å². The summed E-state index contributed by atoms with van der Waals surface area (Å²) in [5, 5.41) is 2.72. The van der Waals surface area contributed by atoms with Gasteiger partial charge in [0.25, 0.3) is 5.91 Å². The third-order valence-electron chi connectivity index (χ3n) is 2.49. The number of halogens is 1. The Kier molecular flexibility index (Phi) is 5.62. The van der Waals surface area contributed by atoms with Crippen LogP contribution in [0.2, 0.25) is 0 Å². The lowest BCUT2D eigenvalue weighted by molar-refractivity contribution is -0.127. The van der Waals surface area contributed by atoms with Crippen LogP contribution in [0.5, 0.6) is 5.75 Å². The zero-order valence-electron chi connectivity index (χ0n) is 10.9. The van der Waals surface area contributed by atoms with Crippen LogP contribution in [0.3, 0.4) is 0 Å². The summed E-state index contributed by atoms with van der Waals surface area (Å²) >= 11 is 3.38. The van der Waals surface area contributed by atoms with Gasteiger partial charge in [-0.1, -0.05) is 22.0 Å². The second-order valence-electron chi connectivity index (χ2n) is 4.13. The van der Waals surface area contributed by atoms with Crippen LogP contribution in [-0.4, -0.2) is 18.6 Å². The molecule has 2 atom stereocenters. The van der Waals surface area contributed by atoms with Gasteiger partial charge in [-0.2, -0.15) is 0 Å². The molecule has 0 radical (unpaired) electrons. The molecule has 0 aliphatic carbocycles. The molecule has 1 amide bonds. The van der Waals surface area contributed by atoms with E-state index in [0.717, 1.165) is 10.0 Å². The zero-order chi connectivity index (χ0) is 13.7. The summed E-state index contributed by atoms with van der Waals surface area (Å²) in [4.78, 5) is 11.6. The molecule has 0 aromatic heterocycles. The van der Waals surface area contributed by atoms with Crippen molar-refractivity contribution >= 4 is 21.8 Å². The average molecular weight is 315 g/mol. The molecule has 0 aliphatic heterocycles. The van der Waals surface area contributed by atoms with E-state index in [4.69, 9.17) is 10.5 Å². The first-order valence-electron chi connectivity index (χ1n) is 5.95. The molecule has 100 valence electrons. The van der Waals surface area contributed by atoms with E-state index in [9.17, 15) is 4.79 Å². The van der Waals surface area contributed by atoms with E-state index in [2.05, 4.69) is 21.2 Å². The van der Waals surface area contributed by atoms with Gasteiger partial charge in [0, 0.05) is 22.6 Å². The lowest BCUT2D eigenvalue weighted by Crippen LogP contribution is -2.36. The molecule has 4 nitrogen and oxygen atoms in total. The summed E-state index contributed by atoms with van der Waals surface area (Å²) in [6, 6.07) is 5.49. The Hall–Kier alpha value is -1.07. The molecule has 1 aromatic rings. The molecule has 1 unspecified atom stereocenters. The standard InChI is InChI=1S/C13H19BrN2O2/c1-4-16-13(17)9(3)18-12-7-10(14)5-6-11(12)8(2)15/h5-9H,4,15H2,1-3H3,(H,16,17)/t8-,9?/m0/s1. The summed E-state index contributed by atoms with van der Waals surface area (Å²) in [5.74, 6) is 0.506. The molecule has 0 fully saturated rings. The fourth-order valence-electron chi connectivity index (χ4n) is 1.55. The topological polar surface area (TPSA) is 64.3 Å². The van der Waals surface area contributed by atoms with Gasteiger partial charge >= 0.3 is 0 Å². The van der Waals surface area contributed by atoms with Crippen molar-refractivity contribution in [1.82, 2.24) is 5.32 Å². The number of nitrogens with one attached hydrogen (secondary N) is 1. The van der Waals surface area contributed by atoms with E-state index in [1.165, 1.54) is 0 Å². The molecule has 0 spiro atoms. The van der Waals surface area contributed by atoms with Crippen molar-refractivity contribution in [3.8, 4) is 5.75 Å². The van der Waals surface area contributed by atoms with E-state index in [0.29, 0.717) is 12.3 Å². The van der Waals surface area contributed by atoms with E-state index in [1.54, 1.807) is 6.92 Å². The third-order valence-corrected chi connectivity index (χ3v) is 2.98. The number of carbonyl (C=O) groups excluding carboxylic acids is 1. The van der Waals surface area contributed by atoms with E-state index in [-0.39, 0.29) is 11.9 Å². The molecule has 0 saturated heterocycles. The predicted molar refractivity (Wildman–Crippen MR) is 75.5 cm³/mol. The molecule has 5 heteroatoms. The highest BCUT2D eigenvalue weighted by atomic mass is 79.9. The van der Waals surface area contributed by atoms with Gasteiger partial charge < -0.3 is 15.8 Å². The van der Waals surface area contributed by atoms with E-state index in [1.807, 2.05) is 32.0 Å². The first kappa shape index (κ1) is 15.0. The maximum absolute atomic E-state index is 11.6. The molecule has 1 aromatic carbocycles. The van der Waals surface area contributed by atoms with Crippen LogP contribution < -0.4 is 15.8 Å². The van der Waals surface area contributed by atoms with Gasteiger partial charge in [0.15, 0.2) is 6.10 Å². The quantitative estimate of drug-likeness (QED) is 0.877. The molecule has 3 N–H and O–H groups in total. The Morgan fingerprint density at radius 3 is 2.72 bits per heavy atom. The van der Waals surface area contributed by atoms with Gasteiger partial charge in [-0.15, -0.1) is 0 Å². The highest BCUT2D eigenvalue weighted by Crippen LogP contribution is 2.28. The van der Waals surface area contributed by atoms with Crippen molar-refractivity contribution in [2.45, 2.75) is 32.9 Å². The summed E-state index contributed by atoms with van der Waals surface area (Å²) < 4.78 is 6.57. The minimum absolute atomic E-state index is 0.131. The van der Waals surface area contributed by atoms with Crippen molar-refractivity contribution in [3.63, 3.8) is 0 Å². The van der Waals surface area contributed by atoms with Crippen LogP contribution in [0.25, 0.3) is 0 Å². The van der Waals surface area contributed by atoms with Gasteiger partial charge in [0.2, 0.25) is 0 Å².